The number of hydrogen-bond acceptors (Lipinski definition) is 1. The lowest BCUT2D eigenvalue weighted by molar-refractivity contribution is 0.382. The standard InChI is InChI=1S/C10H12BrN.ClH/c1-7-2-3-8(9(11)6-7)10-4-5-12-10;/h2-3,6,10,12H,4-5H2,1H3;1H/t10-;/m0./s1. The van der Waals surface area contributed by atoms with Crippen LogP contribution in [0.5, 0.6) is 0 Å². The molecule has 0 saturated carbocycles. The summed E-state index contributed by atoms with van der Waals surface area (Å²) in [5.41, 5.74) is 2.71. The first-order chi connectivity index (χ1) is 5.77. The van der Waals surface area contributed by atoms with E-state index in [1.165, 1.54) is 22.0 Å². The van der Waals surface area contributed by atoms with Gasteiger partial charge in [0, 0.05) is 10.5 Å². The van der Waals surface area contributed by atoms with E-state index in [1.54, 1.807) is 0 Å². The quantitative estimate of drug-likeness (QED) is 0.819. The fraction of sp³-hybridized carbons (Fsp3) is 0.400. The minimum absolute atomic E-state index is 0. The molecule has 0 aliphatic carbocycles. The predicted molar refractivity (Wildman–Crippen MR) is 61.5 cm³/mol. The molecule has 0 unspecified atom stereocenters. The van der Waals surface area contributed by atoms with Crippen molar-refractivity contribution in [2.24, 2.45) is 0 Å². The molecule has 0 bridgehead atoms. The van der Waals surface area contributed by atoms with Crippen LogP contribution in [0.2, 0.25) is 0 Å². The predicted octanol–water partition coefficient (Wildman–Crippen LogP) is 3.21. The highest BCUT2D eigenvalue weighted by Gasteiger charge is 2.20. The molecule has 0 spiro atoms. The Morgan fingerprint density at radius 2 is 2.15 bits per heavy atom. The van der Waals surface area contributed by atoms with E-state index in [4.69, 9.17) is 0 Å². The molecule has 1 saturated heterocycles. The van der Waals surface area contributed by atoms with Gasteiger partial charge < -0.3 is 5.32 Å². The summed E-state index contributed by atoms with van der Waals surface area (Å²) in [5, 5.41) is 3.39. The third-order valence-corrected chi connectivity index (χ3v) is 3.04. The Hall–Kier alpha value is -0.0500. The molecule has 1 aliphatic heterocycles. The molecule has 1 heterocycles. The van der Waals surface area contributed by atoms with Gasteiger partial charge in [-0.05, 0) is 37.1 Å². The second kappa shape index (κ2) is 4.45. The van der Waals surface area contributed by atoms with Crippen LogP contribution in [-0.2, 0) is 0 Å². The van der Waals surface area contributed by atoms with Gasteiger partial charge in [-0.3, -0.25) is 0 Å². The number of halogens is 2. The normalized spacial score (nSPS) is 20.3. The van der Waals surface area contributed by atoms with Crippen molar-refractivity contribution < 1.29 is 0 Å². The van der Waals surface area contributed by atoms with Crippen LogP contribution >= 0.6 is 28.3 Å². The third kappa shape index (κ3) is 2.25. The average Bonchev–Trinajstić information content (AvgIpc) is 1.91. The molecule has 3 heteroatoms. The number of nitrogens with one attached hydrogen (secondary N) is 1. The highest BCUT2D eigenvalue weighted by Crippen LogP contribution is 2.29. The highest BCUT2D eigenvalue weighted by molar-refractivity contribution is 9.10. The lowest BCUT2D eigenvalue weighted by Crippen LogP contribution is -2.35. The summed E-state index contributed by atoms with van der Waals surface area (Å²) in [6, 6.07) is 7.13. The fourth-order valence-corrected chi connectivity index (χ4v) is 2.24. The van der Waals surface area contributed by atoms with E-state index in [0.717, 1.165) is 6.54 Å². The van der Waals surface area contributed by atoms with Gasteiger partial charge in [0.05, 0.1) is 0 Å². The van der Waals surface area contributed by atoms with E-state index in [-0.39, 0.29) is 12.4 Å². The molecule has 0 amide bonds. The van der Waals surface area contributed by atoms with Crippen LogP contribution in [0, 0.1) is 6.92 Å². The van der Waals surface area contributed by atoms with Gasteiger partial charge in [-0.15, -0.1) is 12.4 Å². The van der Waals surface area contributed by atoms with Gasteiger partial charge in [-0.25, -0.2) is 0 Å². The maximum atomic E-state index is 3.58. The molecule has 0 radical (unpaired) electrons. The molecule has 1 aromatic carbocycles. The molecule has 1 atom stereocenters. The van der Waals surface area contributed by atoms with Crippen molar-refractivity contribution in [3.63, 3.8) is 0 Å². The molecule has 13 heavy (non-hydrogen) atoms. The monoisotopic (exact) mass is 261 g/mol. The summed E-state index contributed by atoms with van der Waals surface area (Å²) in [6.45, 7) is 3.27. The Balaban J connectivity index is 0.000000845. The Labute approximate surface area is 93.5 Å². The SMILES string of the molecule is Cc1ccc([C@@H]2CCN2)c(Br)c1.Cl. The van der Waals surface area contributed by atoms with Crippen LogP contribution in [0.3, 0.4) is 0 Å². The summed E-state index contributed by atoms with van der Waals surface area (Å²) >= 11 is 3.58. The number of aryl methyl sites for hydroxylation is 1. The summed E-state index contributed by atoms with van der Waals surface area (Å²) in [6.07, 6.45) is 1.27. The molecule has 1 aliphatic rings. The Kier molecular flexibility index (Phi) is 3.77. The van der Waals surface area contributed by atoms with Gasteiger partial charge in [0.1, 0.15) is 0 Å². The van der Waals surface area contributed by atoms with Crippen LogP contribution < -0.4 is 5.32 Å². The van der Waals surface area contributed by atoms with Gasteiger partial charge >= 0.3 is 0 Å². The Bertz CT molecular complexity index is 297. The van der Waals surface area contributed by atoms with Crippen LogP contribution in [0.4, 0.5) is 0 Å². The van der Waals surface area contributed by atoms with Crippen molar-refractivity contribution in [3.05, 3.63) is 33.8 Å². The minimum Gasteiger partial charge on any atom is -0.310 e. The molecule has 72 valence electrons. The minimum atomic E-state index is 0. The summed E-state index contributed by atoms with van der Waals surface area (Å²) in [5.74, 6) is 0. The maximum absolute atomic E-state index is 3.58. The lowest BCUT2D eigenvalue weighted by atomic mass is 9.97. The van der Waals surface area contributed by atoms with E-state index < -0.39 is 0 Å². The second-order valence-electron chi connectivity index (χ2n) is 3.32. The zero-order valence-electron chi connectivity index (χ0n) is 7.51. The van der Waals surface area contributed by atoms with Crippen molar-refractivity contribution in [2.45, 2.75) is 19.4 Å². The van der Waals surface area contributed by atoms with Gasteiger partial charge in [-0.1, -0.05) is 28.1 Å². The van der Waals surface area contributed by atoms with Crippen molar-refractivity contribution in [1.82, 2.24) is 5.32 Å². The van der Waals surface area contributed by atoms with E-state index >= 15 is 0 Å². The fourth-order valence-electron chi connectivity index (χ4n) is 1.47. The van der Waals surface area contributed by atoms with Crippen molar-refractivity contribution in [3.8, 4) is 0 Å². The molecular formula is C10H13BrClN. The number of rotatable bonds is 1. The van der Waals surface area contributed by atoms with Gasteiger partial charge in [0.15, 0.2) is 0 Å². The first-order valence-corrected chi connectivity index (χ1v) is 5.06. The van der Waals surface area contributed by atoms with Crippen molar-refractivity contribution in [1.29, 1.82) is 0 Å². The molecule has 1 nitrogen and oxygen atoms in total. The molecule has 1 fully saturated rings. The molecular weight excluding hydrogens is 249 g/mol. The van der Waals surface area contributed by atoms with E-state index in [2.05, 4.69) is 46.4 Å². The van der Waals surface area contributed by atoms with Crippen LogP contribution in [0.1, 0.15) is 23.6 Å². The average molecular weight is 263 g/mol. The maximum Gasteiger partial charge on any atom is 0.0343 e. The van der Waals surface area contributed by atoms with Gasteiger partial charge in [-0.2, -0.15) is 0 Å². The van der Waals surface area contributed by atoms with Gasteiger partial charge in [0.25, 0.3) is 0 Å². The van der Waals surface area contributed by atoms with E-state index in [0.29, 0.717) is 6.04 Å². The molecule has 1 aromatic rings. The summed E-state index contributed by atoms with van der Waals surface area (Å²) in [4.78, 5) is 0. The molecule has 2 rings (SSSR count). The Morgan fingerprint density at radius 1 is 1.46 bits per heavy atom. The lowest BCUT2D eigenvalue weighted by Gasteiger charge is -2.28. The van der Waals surface area contributed by atoms with Crippen LogP contribution in [0.15, 0.2) is 22.7 Å². The van der Waals surface area contributed by atoms with Gasteiger partial charge in [0.2, 0.25) is 0 Å². The van der Waals surface area contributed by atoms with Crippen molar-refractivity contribution >= 4 is 28.3 Å². The topological polar surface area (TPSA) is 12.0 Å². The third-order valence-electron chi connectivity index (χ3n) is 2.36. The zero-order valence-corrected chi connectivity index (χ0v) is 9.91. The molecule has 1 N–H and O–H groups in total. The number of benzene rings is 1. The largest absolute Gasteiger partial charge is 0.310 e. The zero-order chi connectivity index (χ0) is 8.55. The summed E-state index contributed by atoms with van der Waals surface area (Å²) in [7, 11) is 0. The Morgan fingerprint density at radius 3 is 2.62 bits per heavy atom. The van der Waals surface area contributed by atoms with Crippen LogP contribution in [-0.4, -0.2) is 6.54 Å². The first kappa shape index (κ1) is 11.0. The first-order valence-electron chi connectivity index (χ1n) is 4.27. The number of hydrogen-bond donors (Lipinski definition) is 1. The smallest absolute Gasteiger partial charge is 0.0343 e. The van der Waals surface area contributed by atoms with Crippen molar-refractivity contribution in [2.75, 3.05) is 6.54 Å². The summed E-state index contributed by atoms with van der Waals surface area (Å²) < 4.78 is 1.24. The second-order valence-corrected chi connectivity index (χ2v) is 4.17. The van der Waals surface area contributed by atoms with E-state index in [1.807, 2.05) is 0 Å². The van der Waals surface area contributed by atoms with E-state index in [9.17, 15) is 0 Å². The molecule has 0 aromatic heterocycles. The highest BCUT2D eigenvalue weighted by atomic mass is 79.9. The van der Waals surface area contributed by atoms with Crippen LogP contribution in [0.25, 0.3) is 0 Å².